The normalized spacial score (nSPS) is 17.0. The predicted molar refractivity (Wildman–Crippen MR) is 137 cm³/mol. The molecule has 9 nitrogen and oxygen atoms in total. The van der Waals surface area contributed by atoms with Crippen molar-refractivity contribution in [1.29, 1.82) is 0 Å². The number of aromatic hydroxyl groups is 5. The molecule has 2 atom stereocenters. The molecule has 38 heavy (non-hydrogen) atoms. The van der Waals surface area contributed by atoms with Crippen LogP contribution in [0.15, 0.2) is 54.6 Å². The van der Waals surface area contributed by atoms with Gasteiger partial charge in [-0.3, -0.25) is 9.59 Å². The molecular weight excluding hydrogens is 492 g/mol. The van der Waals surface area contributed by atoms with Gasteiger partial charge in [0.15, 0.2) is 34.5 Å². The van der Waals surface area contributed by atoms with E-state index >= 15 is 0 Å². The number of methoxy groups -OCH3 is 1. The van der Waals surface area contributed by atoms with Gasteiger partial charge in [0.05, 0.1) is 19.6 Å². The highest BCUT2D eigenvalue weighted by Crippen LogP contribution is 2.38. The molecule has 1 fully saturated rings. The van der Waals surface area contributed by atoms with Crippen LogP contribution in [0.3, 0.4) is 0 Å². The fraction of sp³-hybridized carbons (Fsp3) is 0.241. The molecule has 0 amide bonds. The average Bonchev–Trinajstić information content (AvgIpc) is 3.22. The van der Waals surface area contributed by atoms with E-state index in [4.69, 9.17) is 9.47 Å². The lowest BCUT2D eigenvalue weighted by atomic mass is 9.84. The second-order valence-electron chi connectivity index (χ2n) is 9.26. The maximum Gasteiger partial charge on any atom is 0.309 e. The summed E-state index contributed by atoms with van der Waals surface area (Å²) >= 11 is 0. The second-order valence-corrected chi connectivity index (χ2v) is 9.26. The van der Waals surface area contributed by atoms with E-state index in [1.807, 2.05) is 6.07 Å². The van der Waals surface area contributed by atoms with Gasteiger partial charge in [0.25, 0.3) is 0 Å². The van der Waals surface area contributed by atoms with Crippen LogP contribution < -0.4 is 4.74 Å². The van der Waals surface area contributed by atoms with Crippen LogP contribution in [0.2, 0.25) is 0 Å². The Balaban J connectivity index is 1.44. The van der Waals surface area contributed by atoms with Gasteiger partial charge in [0.1, 0.15) is 5.75 Å². The number of phenols is 5. The molecule has 5 N–H and O–H groups in total. The van der Waals surface area contributed by atoms with E-state index in [2.05, 4.69) is 0 Å². The lowest BCUT2D eigenvalue weighted by Gasteiger charge is -2.17. The molecule has 1 heterocycles. The first-order chi connectivity index (χ1) is 18.1. The van der Waals surface area contributed by atoms with Gasteiger partial charge in [-0.2, -0.15) is 0 Å². The summed E-state index contributed by atoms with van der Waals surface area (Å²) in [7, 11) is 1.50. The van der Waals surface area contributed by atoms with Crippen molar-refractivity contribution in [3.63, 3.8) is 0 Å². The van der Waals surface area contributed by atoms with E-state index in [-0.39, 0.29) is 42.2 Å². The number of allylic oxidation sites excluding steroid dienone is 1. The minimum atomic E-state index is -0.593. The van der Waals surface area contributed by atoms with Crippen LogP contribution in [0.4, 0.5) is 0 Å². The monoisotopic (exact) mass is 520 g/mol. The third kappa shape index (κ3) is 6.00. The van der Waals surface area contributed by atoms with Crippen molar-refractivity contribution in [3.05, 3.63) is 76.9 Å². The van der Waals surface area contributed by atoms with Gasteiger partial charge in [-0.05, 0) is 65.9 Å². The summed E-state index contributed by atoms with van der Waals surface area (Å²) < 4.78 is 10.8. The molecule has 0 radical (unpaired) electrons. The standard InChI is InChI=1S/C29H28O9/c1-37-27-13-17(2-5-19(27)14-21(30)6-3-16-4-7-23(31)24(32)10-16)9-22-20(15-38-29(22)36)8-18-11-25(33)28(35)26(34)12-18/h2-7,10-13,20,22,31-35H,8-9,14-15H2,1H3. The summed E-state index contributed by atoms with van der Waals surface area (Å²) in [6.07, 6.45) is 3.73. The van der Waals surface area contributed by atoms with Crippen LogP contribution in [0.1, 0.15) is 22.3 Å². The number of rotatable bonds is 9. The van der Waals surface area contributed by atoms with Crippen LogP contribution in [0.5, 0.6) is 34.5 Å². The van der Waals surface area contributed by atoms with Crippen LogP contribution in [0.25, 0.3) is 6.08 Å². The van der Waals surface area contributed by atoms with Crippen LogP contribution in [0, 0.1) is 11.8 Å². The summed E-state index contributed by atoms with van der Waals surface area (Å²) in [5.74, 6) is -2.68. The minimum Gasteiger partial charge on any atom is -0.504 e. The molecule has 3 aromatic carbocycles. The SMILES string of the molecule is COc1cc(CC2C(=O)OCC2Cc2cc(O)c(O)c(O)c2)ccc1CC(=O)C=Cc1ccc(O)c(O)c1. The number of carbonyl (C=O) groups excluding carboxylic acids is 2. The van der Waals surface area contributed by atoms with Crippen molar-refractivity contribution in [3.8, 4) is 34.5 Å². The Kier molecular flexibility index (Phi) is 7.76. The van der Waals surface area contributed by atoms with Gasteiger partial charge in [0.2, 0.25) is 0 Å². The molecule has 1 saturated heterocycles. The molecule has 0 spiro atoms. The van der Waals surface area contributed by atoms with Gasteiger partial charge in [-0.15, -0.1) is 0 Å². The molecule has 9 heteroatoms. The first kappa shape index (κ1) is 26.4. The number of cyclic esters (lactones) is 1. The van der Waals surface area contributed by atoms with Crippen LogP contribution in [-0.4, -0.2) is 51.0 Å². The number of ether oxygens (including phenoxy) is 2. The van der Waals surface area contributed by atoms with Gasteiger partial charge in [-0.1, -0.05) is 24.3 Å². The summed E-state index contributed by atoms with van der Waals surface area (Å²) in [6.45, 7) is 0.195. The summed E-state index contributed by atoms with van der Waals surface area (Å²) in [5.41, 5.74) is 2.61. The number of phenolic OH excluding ortho intramolecular Hbond substituents is 5. The molecule has 3 aromatic rings. The average molecular weight is 521 g/mol. The second kappa shape index (κ2) is 11.2. The van der Waals surface area contributed by atoms with Gasteiger partial charge < -0.3 is 35.0 Å². The van der Waals surface area contributed by atoms with E-state index in [0.29, 0.717) is 35.3 Å². The lowest BCUT2D eigenvalue weighted by Crippen LogP contribution is -2.20. The number of hydrogen-bond donors (Lipinski definition) is 5. The number of esters is 1. The number of benzene rings is 3. The Morgan fingerprint density at radius 2 is 1.66 bits per heavy atom. The zero-order valence-corrected chi connectivity index (χ0v) is 20.6. The molecule has 4 rings (SSSR count). The first-order valence-corrected chi connectivity index (χ1v) is 11.9. The molecule has 2 unspecified atom stereocenters. The molecule has 1 aliphatic rings. The molecule has 0 aliphatic carbocycles. The van der Waals surface area contributed by atoms with E-state index in [1.165, 1.54) is 37.5 Å². The molecule has 0 aromatic heterocycles. The maximum atomic E-state index is 12.5. The van der Waals surface area contributed by atoms with Crippen molar-refractivity contribution in [2.75, 3.05) is 13.7 Å². The first-order valence-electron chi connectivity index (χ1n) is 11.9. The number of ketones is 1. The lowest BCUT2D eigenvalue weighted by molar-refractivity contribution is -0.141. The summed E-state index contributed by atoms with van der Waals surface area (Å²) in [6, 6.07) is 12.3. The third-order valence-electron chi connectivity index (χ3n) is 6.57. The topological polar surface area (TPSA) is 154 Å². The fourth-order valence-corrected chi connectivity index (χ4v) is 4.53. The minimum absolute atomic E-state index is 0.0754. The number of carbonyl (C=O) groups is 2. The van der Waals surface area contributed by atoms with Gasteiger partial charge in [-0.25, -0.2) is 0 Å². The molecule has 0 bridgehead atoms. The Bertz CT molecular complexity index is 1370. The van der Waals surface area contributed by atoms with Crippen molar-refractivity contribution in [2.24, 2.45) is 11.8 Å². The maximum absolute atomic E-state index is 12.5. The molecule has 1 aliphatic heterocycles. The largest absolute Gasteiger partial charge is 0.504 e. The fourth-order valence-electron chi connectivity index (χ4n) is 4.53. The molecule has 198 valence electrons. The Morgan fingerprint density at radius 1 is 0.921 bits per heavy atom. The number of hydrogen-bond acceptors (Lipinski definition) is 9. The zero-order chi connectivity index (χ0) is 27.4. The van der Waals surface area contributed by atoms with Crippen molar-refractivity contribution < 1.29 is 44.6 Å². The predicted octanol–water partition coefficient (Wildman–Crippen LogP) is 3.62. The van der Waals surface area contributed by atoms with Gasteiger partial charge in [0, 0.05) is 17.9 Å². The molecule has 0 saturated carbocycles. The van der Waals surface area contributed by atoms with Crippen LogP contribution >= 0.6 is 0 Å². The highest BCUT2D eigenvalue weighted by Gasteiger charge is 2.37. The Hall–Kier alpha value is -4.66. The summed E-state index contributed by atoms with van der Waals surface area (Å²) in [5, 5.41) is 48.2. The Labute approximate surface area is 218 Å². The van der Waals surface area contributed by atoms with Crippen LogP contribution in [-0.2, 0) is 33.6 Å². The summed E-state index contributed by atoms with van der Waals surface area (Å²) in [4.78, 5) is 25.0. The van der Waals surface area contributed by atoms with Crippen molar-refractivity contribution in [2.45, 2.75) is 19.3 Å². The van der Waals surface area contributed by atoms with E-state index in [0.717, 1.165) is 5.56 Å². The smallest absolute Gasteiger partial charge is 0.309 e. The Morgan fingerprint density at radius 3 is 2.34 bits per heavy atom. The quantitative estimate of drug-likeness (QED) is 0.162. The van der Waals surface area contributed by atoms with Crippen molar-refractivity contribution >= 4 is 17.8 Å². The third-order valence-corrected chi connectivity index (χ3v) is 6.57. The highest BCUT2D eigenvalue weighted by molar-refractivity contribution is 5.95. The van der Waals surface area contributed by atoms with Crippen molar-refractivity contribution in [1.82, 2.24) is 0 Å². The van der Waals surface area contributed by atoms with E-state index < -0.39 is 23.2 Å². The van der Waals surface area contributed by atoms with E-state index in [9.17, 15) is 35.1 Å². The highest BCUT2D eigenvalue weighted by atomic mass is 16.5. The zero-order valence-electron chi connectivity index (χ0n) is 20.6. The van der Waals surface area contributed by atoms with E-state index in [1.54, 1.807) is 24.3 Å². The van der Waals surface area contributed by atoms with Gasteiger partial charge >= 0.3 is 5.97 Å². The molecular formula is C29H28O9.